The summed E-state index contributed by atoms with van der Waals surface area (Å²) in [6.45, 7) is 0.867. The van der Waals surface area contributed by atoms with Crippen molar-refractivity contribution in [3.05, 3.63) is 65.1 Å². The van der Waals surface area contributed by atoms with Gasteiger partial charge in [-0.2, -0.15) is 0 Å². The molecule has 1 aromatic heterocycles. The normalized spacial score (nSPS) is 21.6. The fourth-order valence-electron chi connectivity index (χ4n) is 6.21. The van der Waals surface area contributed by atoms with E-state index in [0.717, 1.165) is 21.9 Å². The molecular weight excluding hydrogens is 563 g/mol. The standard InChI is InChI=1S/C32H36F3N3O5/c1-19-12-21(26(33)14-27(19)36-30(40)25-16-37(2)28-7-5-4-6-24(25)28)13-29(39)38-18-32(34,35)15-22(38)17-43-23-10-8-20(9-11-23)31(41)42-3/h4-7,12,14,16,20,22-23H,8-11,13,15,17-18H2,1-3H3,(H,36,40). The van der Waals surface area contributed by atoms with E-state index in [0.29, 0.717) is 36.8 Å². The van der Waals surface area contributed by atoms with Crippen molar-refractivity contribution in [3.63, 3.8) is 0 Å². The monoisotopic (exact) mass is 599 g/mol. The molecule has 0 bridgehead atoms. The van der Waals surface area contributed by atoms with E-state index >= 15 is 4.39 Å². The summed E-state index contributed by atoms with van der Waals surface area (Å²) in [5.74, 6) is -5.25. The highest BCUT2D eigenvalue weighted by atomic mass is 19.3. The maximum absolute atomic E-state index is 15.2. The van der Waals surface area contributed by atoms with Gasteiger partial charge in [0.15, 0.2) is 0 Å². The minimum Gasteiger partial charge on any atom is -0.469 e. The summed E-state index contributed by atoms with van der Waals surface area (Å²) < 4.78 is 56.6. The molecular formula is C32H36F3N3O5. The first-order valence-electron chi connectivity index (χ1n) is 14.5. The first-order chi connectivity index (χ1) is 20.5. The van der Waals surface area contributed by atoms with Crippen LogP contribution in [0, 0.1) is 18.7 Å². The first-order valence-corrected chi connectivity index (χ1v) is 14.5. The van der Waals surface area contributed by atoms with Crippen LogP contribution in [0.1, 0.15) is 53.6 Å². The number of aromatic nitrogens is 1. The van der Waals surface area contributed by atoms with Gasteiger partial charge in [0.05, 0.1) is 50.3 Å². The number of likely N-dealkylation sites (tertiary alicyclic amines) is 1. The van der Waals surface area contributed by atoms with Crippen molar-refractivity contribution in [1.82, 2.24) is 9.47 Å². The zero-order chi connectivity index (χ0) is 30.9. The van der Waals surface area contributed by atoms with Gasteiger partial charge in [0, 0.05) is 36.3 Å². The quantitative estimate of drug-likeness (QED) is 0.350. The lowest BCUT2D eigenvalue weighted by Gasteiger charge is -2.30. The van der Waals surface area contributed by atoms with Gasteiger partial charge >= 0.3 is 5.97 Å². The number of alkyl halides is 2. The summed E-state index contributed by atoms with van der Waals surface area (Å²) in [4.78, 5) is 39.1. The van der Waals surface area contributed by atoms with Gasteiger partial charge in [0.1, 0.15) is 5.82 Å². The minimum atomic E-state index is -3.07. The fourth-order valence-corrected chi connectivity index (χ4v) is 6.21. The lowest BCUT2D eigenvalue weighted by atomic mass is 9.87. The molecule has 1 saturated heterocycles. The number of nitrogens with zero attached hydrogens (tertiary/aromatic N) is 2. The van der Waals surface area contributed by atoms with Crippen LogP contribution in [-0.2, 0) is 32.5 Å². The van der Waals surface area contributed by atoms with Crippen molar-refractivity contribution in [3.8, 4) is 0 Å². The van der Waals surface area contributed by atoms with Gasteiger partial charge in [-0.25, -0.2) is 13.2 Å². The second kappa shape index (κ2) is 12.4. The molecule has 1 atom stereocenters. The molecule has 8 nitrogen and oxygen atoms in total. The predicted molar refractivity (Wildman–Crippen MR) is 154 cm³/mol. The Labute approximate surface area is 248 Å². The molecule has 1 N–H and O–H groups in total. The molecule has 0 spiro atoms. The Hall–Kier alpha value is -3.86. The third kappa shape index (κ3) is 6.71. The van der Waals surface area contributed by atoms with Gasteiger partial charge in [0.25, 0.3) is 11.8 Å². The molecule has 0 radical (unpaired) electrons. The number of fused-ring (bicyclic) bond motifs is 1. The highest BCUT2D eigenvalue weighted by molar-refractivity contribution is 6.13. The van der Waals surface area contributed by atoms with Crippen molar-refractivity contribution in [1.29, 1.82) is 0 Å². The lowest BCUT2D eigenvalue weighted by Crippen LogP contribution is -2.41. The molecule has 11 heteroatoms. The SMILES string of the molecule is COC(=O)C1CCC(OCC2CC(F)(F)CN2C(=O)Cc2cc(C)c(NC(=O)c3cn(C)c4ccccc34)cc2F)CC1. The molecule has 3 aromatic rings. The molecule has 2 amide bonds. The molecule has 2 aliphatic rings. The second-order valence-electron chi connectivity index (χ2n) is 11.6. The number of rotatable bonds is 8. The molecule has 1 unspecified atom stereocenters. The lowest BCUT2D eigenvalue weighted by molar-refractivity contribution is -0.148. The van der Waals surface area contributed by atoms with Crippen molar-refractivity contribution in [2.24, 2.45) is 13.0 Å². The van der Waals surface area contributed by atoms with E-state index < -0.39 is 49.0 Å². The van der Waals surface area contributed by atoms with Crippen molar-refractivity contribution in [2.45, 2.75) is 63.5 Å². The number of hydrogen-bond acceptors (Lipinski definition) is 5. The number of esters is 1. The number of carbonyl (C=O) groups excluding carboxylic acids is 3. The van der Waals surface area contributed by atoms with Crippen LogP contribution in [-0.4, -0.2) is 65.6 Å². The topological polar surface area (TPSA) is 89.9 Å². The zero-order valence-corrected chi connectivity index (χ0v) is 24.5. The Bertz CT molecular complexity index is 1530. The van der Waals surface area contributed by atoms with E-state index in [1.165, 1.54) is 13.2 Å². The smallest absolute Gasteiger partial charge is 0.308 e. The van der Waals surface area contributed by atoms with Gasteiger partial charge < -0.3 is 24.3 Å². The number of carbonyl (C=O) groups is 3. The molecule has 5 rings (SSSR count). The zero-order valence-electron chi connectivity index (χ0n) is 24.5. The number of aryl methyl sites for hydroxylation is 2. The van der Waals surface area contributed by atoms with Gasteiger partial charge in [-0.3, -0.25) is 14.4 Å². The third-order valence-corrected chi connectivity index (χ3v) is 8.55. The fraction of sp³-hybridized carbons (Fsp3) is 0.469. The summed E-state index contributed by atoms with van der Waals surface area (Å²) >= 11 is 0. The van der Waals surface area contributed by atoms with Crippen molar-refractivity contribution < 1.29 is 37.0 Å². The molecule has 2 heterocycles. The number of anilines is 1. The minimum absolute atomic E-state index is 0.0571. The van der Waals surface area contributed by atoms with Crippen LogP contribution in [0.2, 0.25) is 0 Å². The number of nitrogens with one attached hydrogen (secondary N) is 1. The van der Waals surface area contributed by atoms with Crippen LogP contribution >= 0.6 is 0 Å². The van der Waals surface area contributed by atoms with E-state index in [1.807, 2.05) is 35.9 Å². The number of methoxy groups -OCH3 is 1. The number of hydrogen-bond donors (Lipinski definition) is 1. The molecule has 1 aliphatic carbocycles. The maximum Gasteiger partial charge on any atom is 0.308 e. The third-order valence-electron chi connectivity index (χ3n) is 8.55. The Balaban J connectivity index is 1.22. The molecule has 1 aliphatic heterocycles. The molecule has 2 fully saturated rings. The summed E-state index contributed by atoms with van der Waals surface area (Å²) in [6.07, 6.45) is 2.98. The van der Waals surface area contributed by atoms with Crippen LogP contribution in [0.3, 0.4) is 0 Å². The molecule has 2 aromatic carbocycles. The predicted octanol–water partition coefficient (Wildman–Crippen LogP) is 5.41. The molecule has 230 valence electrons. The number of ether oxygens (including phenoxy) is 2. The van der Waals surface area contributed by atoms with Crippen LogP contribution in [0.15, 0.2) is 42.6 Å². The van der Waals surface area contributed by atoms with Crippen LogP contribution in [0.25, 0.3) is 10.9 Å². The maximum atomic E-state index is 15.2. The summed E-state index contributed by atoms with van der Waals surface area (Å²) in [6, 6.07) is 9.22. The van der Waals surface area contributed by atoms with E-state index in [1.54, 1.807) is 13.1 Å². The number of amides is 2. The van der Waals surface area contributed by atoms with E-state index in [-0.39, 0.29) is 35.8 Å². The van der Waals surface area contributed by atoms with Crippen molar-refractivity contribution in [2.75, 3.05) is 25.6 Å². The van der Waals surface area contributed by atoms with Crippen LogP contribution in [0.5, 0.6) is 0 Å². The van der Waals surface area contributed by atoms with Gasteiger partial charge in [-0.1, -0.05) is 24.3 Å². The number of halogens is 3. The highest BCUT2D eigenvalue weighted by Gasteiger charge is 2.47. The van der Waals surface area contributed by atoms with Gasteiger partial charge in [-0.05, 0) is 55.9 Å². The highest BCUT2D eigenvalue weighted by Crippen LogP contribution is 2.34. The second-order valence-corrected chi connectivity index (χ2v) is 11.6. The van der Waals surface area contributed by atoms with E-state index in [4.69, 9.17) is 9.47 Å². The Morgan fingerprint density at radius 1 is 1.09 bits per heavy atom. The Morgan fingerprint density at radius 2 is 1.81 bits per heavy atom. The van der Waals surface area contributed by atoms with E-state index in [2.05, 4.69) is 5.32 Å². The van der Waals surface area contributed by atoms with E-state index in [9.17, 15) is 23.2 Å². The van der Waals surface area contributed by atoms with Gasteiger partial charge in [0.2, 0.25) is 5.91 Å². The summed E-state index contributed by atoms with van der Waals surface area (Å²) in [5, 5.41) is 3.52. The Kier molecular flexibility index (Phi) is 8.82. The average Bonchev–Trinajstić information content (AvgIpc) is 3.49. The van der Waals surface area contributed by atoms with Crippen LogP contribution in [0.4, 0.5) is 18.9 Å². The Morgan fingerprint density at radius 3 is 2.53 bits per heavy atom. The molecule has 1 saturated carbocycles. The summed E-state index contributed by atoms with van der Waals surface area (Å²) in [5.41, 5.74) is 2.17. The van der Waals surface area contributed by atoms with Gasteiger partial charge in [-0.15, -0.1) is 0 Å². The number of para-hydroxylation sites is 1. The largest absolute Gasteiger partial charge is 0.469 e. The van der Waals surface area contributed by atoms with Crippen molar-refractivity contribution >= 4 is 34.4 Å². The summed E-state index contributed by atoms with van der Waals surface area (Å²) in [7, 11) is 3.18. The van der Waals surface area contributed by atoms with Crippen LogP contribution < -0.4 is 5.32 Å². The average molecular weight is 600 g/mol. The first kappa shape index (κ1) is 30.6. The molecule has 43 heavy (non-hydrogen) atoms. The number of benzene rings is 2.